The fourth-order valence-electron chi connectivity index (χ4n) is 1.53. The zero-order valence-electron chi connectivity index (χ0n) is 10.7. The molecule has 17 heavy (non-hydrogen) atoms. The van der Waals surface area contributed by atoms with Gasteiger partial charge in [-0.3, -0.25) is 0 Å². The van der Waals surface area contributed by atoms with Gasteiger partial charge in [-0.05, 0) is 54.4 Å². The van der Waals surface area contributed by atoms with Gasteiger partial charge in [0.05, 0.1) is 12.1 Å². The lowest BCUT2D eigenvalue weighted by Crippen LogP contribution is -2.46. The van der Waals surface area contributed by atoms with E-state index in [2.05, 4.69) is 47.2 Å². The van der Waals surface area contributed by atoms with Gasteiger partial charge >= 0.3 is 0 Å². The van der Waals surface area contributed by atoms with E-state index in [4.69, 9.17) is 10.5 Å². The van der Waals surface area contributed by atoms with Gasteiger partial charge in [-0.15, -0.1) is 0 Å². The van der Waals surface area contributed by atoms with E-state index in [-0.39, 0.29) is 5.54 Å². The molecule has 3 N–H and O–H groups in total. The summed E-state index contributed by atoms with van der Waals surface area (Å²) in [6.07, 6.45) is 0. The molecule has 0 saturated heterocycles. The minimum atomic E-state index is -0.244. The third-order valence-electron chi connectivity index (χ3n) is 2.63. The molecule has 0 amide bonds. The lowest BCUT2D eigenvalue weighted by molar-refractivity contribution is 0.111. The van der Waals surface area contributed by atoms with Crippen molar-refractivity contribution < 1.29 is 4.74 Å². The zero-order chi connectivity index (χ0) is 12.9. The quantitative estimate of drug-likeness (QED) is 0.849. The molecule has 0 aliphatic rings. The van der Waals surface area contributed by atoms with Gasteiger partial charge < -0.3 is 15.8 Å². The molecule has 0 bridgehead atoms. The Balaban J connectivity index is 2.82. The van der Waals surface area contributed by atoms with Gasteiger partial charge in [0.25, 0.3) is 0 Å². The third-order valence-corrected chi connectivity index (χ3v) is 3.33. The first-order valence-corrected chi connectivity index (χ1v) is 6.62. The minimum absolute atomic E-state index is 0.244. The van der Waals surface area contributed by atoms with Crippen LogP contribution in [0.5, 0.6) is 0 Å². The van der Waals surface area contributed by atoms with Crippen LogP contribution in [0, 0.1) is 6.92 Å². The maximum atomic E-state index is 5.83. The van der Waals surface area contributed by atoms with E-state index < -0.39 is 0 Å². The van der Waals surface area contributed by atoms with Crippen LogP contribution in [0.4, 0.5) is 5.69 Å². The molecule has 0 spiro atoms. The monoisotopic (exact) mass is 300 g/mol. The molecule has 0 aliphatic carbocycles. The summed E-state index contributed by atoms with van der Waals surface area (Å²) in [5.41, 5.74) is 7.85. The van der Waals surface area contributed by atoms with Gasteiger partial charge in [0.1, 0.15) is 0 Å². The smallest absolute Gasteiger partial charge is 0.0706 e. The topological polar surface area (TPSA) is 47.3 Å². The average Bonchev–Trinajstić information content (AvgIpc) is 2.31. The summed E-state index contributed by atoms with van der Waals surface area (Å²) in [6.45, 7) is 7.94. The summed E-state index contributed by atoms with van der Waals surface area (Å²) in [5, 5.41) is 3.45. The molecule has 1 rings (SSSR count). The Kier molecular flexibility index (Phi) is 5.43. The number of rotatable bonds is 6. The number of anilines is 1. The van der Waals surface area contributed by atoms with Gasteiger partial charge in [0.2, 0.25) is 0 Å². The van der Waals surface area contributed by atoms with Crippen LogP contribution in [0.2, 0.25) is 0 Å². The first-order chi connectivity index (χ1) is 8.00. The van der Waals surface area contributed by atoms with E-state index in [1.54, 1.807) is 0 Å². The van der Waals surface area contributed by atoms with Crippen molar-refractivity contribution in [2.75, 3.05) is 25.1 Å². The van der Waals surface area contributed by atoms with Crippen LogP contribution < -0.4 is 11.1 Å². The Morgan fingerprint density at radius 3 is 2.76 bits per heavy atom. The fraction of sp³-hybridized carbons (Fsp3) is 0.538. The van der Waals surface area contributed by atoms with Crippen molar-refractivity contribution in [2.24, 2.45) is 5.73 Å². The second kappa shape index (κ2) is 6.38. The van der Waals surface area contributed by atoms with Crippen molar-refractivity contribution in [2.45, 2.75) is 26.3 Å². The molecule has 0 radical (unpaired) electrons. The van der Waals surface area contributed by atoms with Gasteiger partial charge in [-0.25, -0.2) is 0 Å². The molecule has 0 aliphatic heterocycles. The SMILES string of the molecule is CCOCC(C)(CN)Nc1cc(C)ccc1Br. The number of ether oxygens (including phenoxy) is 1. The van der Waals surface area contributed by atoms with Crippen molar-refractivity contribution in [3.8, 4) is 0 Å². The Morgan fingerprint density at radius 2 is 2.18 bits per heavy atom. The van der Waals surface area contributed by atoms with E-state index in [1.165, 1.54) is 5.56 Å². The van der Waals surface area contributed by atoms with Crippen LogP contribution in [-0.4, -0.2) is 25.3 Å². The van der Waals surface area contributed by atoms with E-state index in [0.29, 0.717) is 19.8 Å². The lowest BCUT2D eigenvalue weighted by Gasteiger charge is -2.30. The molecular weight excluding hydrogens is 280 g/mol. The number of halogens is 1. The predicted octanol–water partition coefficient (Wildman–Crippen LogP) is 2.92. The van der Waals surface area contributed by atoms with Crippen molar-refractivity contribution in [3.63, 3.8) is 0 Å². The van der Waals surface area contributed by atoms with Gasteiger partial charge in [-0.1, -0.05) is 6.07 Å². The van der Waals surface area contributed by atoms with Crippen LogP contribution >= 0.6 is 15.9 Å². The number of aryl methyl sites for hydroxylation is 1. The Labute approximate surface area is 112 Å². The first-order valence-electron chi connectivity index (χ1n) is 5.83. The Morgan fingerprint density at radius 1 is 1.47 bits per heavy atom. The molecule has 4 heteroatoms. The second-order valence-electron chi connectivity index (χ2n) is 4.51. The standard InChI is InChI=1S/C13H21BrN2O/c1-4-17-9-13(3,8-15)16-12-7-10(2)5-6-11(12)14/h5-7,16H,4,8-9,15H2,1-3H3. The van der Waals surface area contributed by atoms with Crippen LogP contribution in [0.3, 0.4) is 0 Å². The number of hydrogen-bond acceptors (Lipinski definition) is 3. The van der Waals surface area contributed by atoms with E-state index >= 15 is 0 Å². The zero-order valence-corrected chi connectivity index (χ0v) is 12.3. The molecule has 0 saturated carbocycles. The van der Waals surface area contributed by atoms with Gasteiger partial charge in [-0.2, -0.15) is 0 Å². The maximum Gasteiger partial charge on any atom is 0.0706 e. The largest absolute Gasteiger partial charge is 0.379 e. The van der Waals surface area contributed by atoms with Crippen molar-refractivity contribution in [3.05, 3.63) is 28.2 Å². The summed E-state index contributed by atoms with van der Waals surface area (Å²) in [6, 6.07) is 6.21. The van der Waals surface area contributed by atoms with E-state index in [0.717, 1.165) is 10.2 Å². The number of nitrogens with one attached hydrogen (secondary N) is 1. The second-order valence-corrected chi connectivity index (χ2v) is 5.36. The Bertz CT molecular complexity index is 370. The van der Waals surface area contributed by atoms with Crippen molar-refractivity contribution in [1.82, 2.24) is 0 Å². The van der Waals surface area contributed by atoms with E-state index in [9.17, 15) is 0 Å². The maximum absolute atomic E-state index is 5.83. The minimum Gasteiger partial charge on any atom is -0.379 e. The molecule has 0 aromatic heterocycles. The summed E-state index contributed by atoms with van der Waals surface area (Å²) in [4.78, 5) is 0. The number of hydrogen-bond donors (Lipinski definition) is 2. The molecule has 1 aromatic rings. The molecule has 1 atom stereocenters. The lowest BCUT2D eigenvalue weighted by atomic mass is 10.0. The summed E-state index contributed by atoms with van der Waals surface area (Å²) in [5.74, 6) is 0. The van der Waals surface area contributed by atoms with Crippen molar-refractivity contribution in [1.29, 1.82) is 0 Å². The van der Waals surface area contributed by atoms with Gasteiger partial charge in [0.15, 0.2) is 0 Å². The van der Waals surface area contributed by atoms with Gasteiger partial charge in [0, 0.05) is 23.3 Å². The van der Waals surface area contributed by atoms with Crippen LogP contribution in [0.25, 0.3) is 0 Å². The molecule has 1 unspecified atom stereocenters. The van der Waals surface area contributed by atoms with Crippen LogP contribution in [-0.2, 0) is 4.74 Å². The first kappa shape index (κ1) is 14.5. The number of benzene rings is 1. The normalized spacial score (nSPS) is 14.4. The molecule has 96 valence electrons. The highest BCUT2D eigenvalue weighted by Crippen LogP contribution is 2.26. The third kappa shape index (κ3) is 4.30. The molecule has 0 fully saturated rings. The van der Waals surface area contributed by atoms with E-state index in [1.807, 2.05) is 13.0 Å². The highest BCUT2D eigenvalue weighted by atomic mass is 79.9. The molecule has 1 aromatic carbocycles. The summed E-state index contributed by atoms with van der Waals surface area (Å²) >= 11 is 3.54. The molecule has 3 nitrogen and oxygen atoms in total. The highest BCUT2D eigenvalue weighted by molar-refractivity contribution is 9.10. The average molecular weight is 301 g/mol. The summed E-state index contributed by atoms with van der Waals surface area (Å²) in [7, 11) is 0. The predicted molar refractivity (Wildman–Crippen MR) is 76.5 cm³/mol. The fourth-order valence-corrected chi connectivity index (χ4v) is 1.88. The van der Waals surface area contributed by atoms with Crippen molar-refractivity contribution >= 4 is 21.6 Å². The molecular formula is C13H21BrN2O. The highest BCUT2D eigenvalue weighted by Gasteiger charge is 2.23. The summed E-state index contributed by atoms with van der Waals surface area (Å²) < 4.78 is 6.52. The van der Waals surface area contributed by atoms with Crippen LogP contribution in [0.15, 0.2) is 22.7 Å². The number of nitrogens with two attached hydrogens (primary N) is 1. The Hall–Kier alpha value is -0.580. The van der Waals surface area contributed by atoms with Crippen LogP contribution in [0.1, 0.15) is 19.4 Å². The molecule has 0 heterocycles.